The van der Waals surface area contributed by atoms with Crippen LogP contribution in [0.4, 0.5) is 0 Å². The molecule has 1 nitrogen and oxygen atoms in total. The van der Waals surface area contributed by atoms with Crippen LogP contribution in [-0.4, -0.2) is 18.0 Å². The van der Waals surface area contributed by atoms with E-state index in [-0.39, 0.29) is 5.54 Å². The molecule has 0 saturated carbocycles. The van der Waals surface area contributed by atoms with Gasteiger partial charge in [-0.05, 0) is 60.8 Å². The van der Waals surface area contributed by atoms with Crippen molar-refractivity contribution >= 4 is 23.4 Å². The van der Waals surface area contributed by atoms with E-state index >= 15 is 0 Å². The molecular weight excluding hydrogens is 262 g/mol. The molecule has 4 rings (SSSR count). The van der Waals surface area contributed by atoms with E-state index in [4.69, 9.17) is 0 Å². The van der Waals surface area contributed by atoms with Crippen LogP contribution in [0.25, 0.3) is 10.8 Å². The normalized spacial score (nSPS) is 29.2. The lowest BCUT2D eigenvalue weighted by atomic mass is 9.85. The molecule has 102 valence electrons. The summed E-state index contributed by atoms with van der Waals surface area (Å²) in [6.07, 6.45) is 8.54. The number of hydrogen-bond donors (Lipinski definition) is 1. The SMILES string of the molecule is CN1C2CC=CC1(c1ccc3cc(S)ccc3c1)CC2. The molecule has 2 heteroatoms. The van der Waals surface area contributed by atoms with Crippen LogP contribution in [0.3, 0.4) is 0 Å². The van der Waals surface area contributed by atoms with Crippen LogP contribution in [0.1, 0.15) is 24.8 Å². The van der Waals surface area contributed by atoms with Crippen LogP contribution in [0, 0.1) is 0 Å². The van der Waals surface area contributed by atoms with Crippen molar-refractivity contribution in [3.05, 3.63) is 54.1 Å². The fourth-order valence-corrected chi connectivity index (χ4v) is 4.14. The van der Waals surface area contributed by atoms with Crippen LogP contribution in [0.15, 0.2) is 53.4 Å². The Kier molecular flexibility index (Phi) is 2.73. The molecule has 1 fully saturated rings. The maximum absolute atomic E-state index is 4.42. The van der Waals surface area contributed by atoms with Gasteiger partial charge in [-0.3, -0.25) is 4.90 Å². The van der Waals surface area contributed by atoms with Crippen molar-refractivity contribution in [2.75, 3.05) is 7.05 Å². The van der Waals surface area contributed by atoms with Gasteiger partial charge in [0.15, 0.2) is 0 Å². The van der Waals surface area contributed by atoms with Crippen molar-refractivity contribution in [3.8, 4) is 0 Å². The molecule has 2 aliphatic heterocycles. The second-order valence-corrected chi connectivity index (χ2v) is 6.63. The Labute approximate surface area is 125 Å². The van der Waals surface area contributed by atoms with Gasteiger partial charge < -0.3 is 0 Å². The van der Waals surface area contributed by atoms with E-state index in [9.17, 15) is 0 Å². The number of benzene rings is 2. The highest BCUT2D eigenvalue weighted by molar-refractivity contribution is 7.80. The maximum Gasteiger partial charge on any atom is 0.0646 e. The van der Waals surface area contributed by atoms with Crippen LogP contribution < -0.4 is 0 Å². The smallest absolute Gasteiger partial charge is 0.0646 e. The van der Waals surface area contributed by atoms with Crippen LogP contribution in [0.5, 0.6) is 0 Å². The number of nitrogens with zero attached hydrogens (tertiary/aromatic N) is 1. The second kappa shape index (κ2) is 4.37. The topological polar surface area (TPSA) is 3.24 Å². The molecule has 2 aliphatic rings. The summed E-state index contributed by atoms with van der Waals surface area (Å²) in [5.41, 5.74) is 1.55. The standard InChI is InChI=1S/C18H19NS/c1-19-16-3-2-9-18(19,10-8-16)15-6-4-14-12-17(20)7-5-13(14)11-15/h2,4-7,9,11-12,16,20H,3,8,10H2,1H3. The minimum absolute atomic E-state index is 0.122. The maximum atomic E-state index is 4.42. The molecule has 0 radical (unpaired) electrons. The zero-order chi connectivity index (χ0) is 13.7. The van der Waals surface area contributed by atoms with Gasteiger partial charge in [0, 0.05) is 10.9 Å². The van der Waals surface area contributed by atoms with Gasteiger partial charge in [-0.1, -0.05) is 30.4 Å². The summed E-state index contributed by atoms with van der Waals surface area (Å²) >= 11 is 4.42. The summed E-state index contributed by atoms with van der Waals surface area (Å²) in [5.74, 6) is 0. The molecule has 2 heterocycles. The summed E-state index contributed by atoms with van der Waals surface area (Å²) in [4.78, 5) is 3.60. The third-order valence-corrected chi connectivity index (χ3v) is 5.44. The molecule has 2 aromatic carbocycles. The summed E-state index contributed by atoms with van der Waals surface area (Å²) < 4.78 is 0. The lowest BCUT2D eigenvalue weighted by Crippen LogP contribution is -2.42. The van der Waals surface area contributed by atoms with Gasteiger partial charge in [-0.2, -0.15) is 0 Å². The van der Waals surface area contributed by atoms with Gasteiger partial charge >= 0.3 is 0 Å². The first-order chi connectivity index (χ1) is 9.69. The third-order valence-electron chi connectivity index (χ3n) is 5.16. The minimum atomic E-state index is 0.122. The Morgan fingerprint density at radius 1 is 1.15 bits per heavy atom. The lowest BCUT2D eigenvalue weighted by Gasteiger charge is -2.39. The number of hydrogen-bond acceptors (Lipinski definition) is 2. The van der Waals surface area contributed by atoms with Crippen molar-refractivity contribution < 1.29 is 0 Å². The van der Waals surface area contributed by atoms with Gasteiger partial charge in [0.25, 0.3) is 0 Å². The summed E-state index contributed by atoms with van der Waals surface area (Å²) in [6, 6.07) is 14.0. The monoisotopic (exact) mass is 281 g/mol. The molecule has 0 spiro atoms. The third kappa shape index (κ3) is 1.68. The number of fused-ring (bicyclic) bond motifs is 3. The van der Waals surface area contributed by atoms with Crippen molar-refractivity contribution in [3.63, 3.8) is 0 Å². The molecule has 0 amide bonds. The quantitative estimate of drug-likeness (QED) is 0.600. The van der Waals surface area contributed by atoms with Gasteiger partial charge in [0.05, 0.1) is 5.54 Å². The zero-order valence-corrected chi connectivity index (χ0v) is 12.6. The van der Waals surface area contributed by atoms with E-state index in [0.29, 0.717) is 0 Å². The first-order valence-corrected chi connectivity index (χ1v) is 7.78. The van der Waals surface area contributed by atoms with E-state index in [1.165, 1.54) is 35.6 Å². The van der Waals surface area contributed by atoms with E-state index in [1.807, 2.05) is 0 Å². The average molecular weight is 281 g/mol. The largest absolute Gasteiger partial charge is 0.290 e. The van der Waals surface area contributed by atoms with Crippen LogP contribution >= 0.6 is 12.6 Å². The second-order valence-electron chi connectivity index (χ2n) is 6.11. The summed E-state index contributed by atoms with van der Waals surface area (Å²) in [6.45, 7) is 0. The molecular formula is C18H19NS. The van der Waals surface area contributed by atoms with Crippen molar-refractivity contribution in [1.29, 1.82) is 0 Å². The van der Waals surface area contributed by atoms with E-state index in [2.05, 4.69) is 73.1 Å². The van der Waals surface area contributed by atoms with Gasteiger partial charge in [-0.15, -0.1) is 12.6 Å². The van der Waals surface area contributed by atoms with Gasteiger partial charge in [0.2, 0.25) is 0 Å². The number of rotatable bonds is 1. The Morgan fingerprint density at radius 3 is 2.85 bits per heavy atom. The van der Waals surface area contributed by atoms with Crippen LogP contribution in [-0.2, 0) is 5.54 Å². The molecule has 2 aromatic rings. The molecule has 0 aromatic heterocycles. The first-order valence-electron chi connectivity index (χ1n) is 7.33. The molecule has 20 heavy (non-hydrogen) atoms. The predicted molar refractivity (Wildman–Crippen MR) is 87.4 cm³/mol. The average Bonchev–Trinajstić information content (AvgIpc) is 2.65. The Morgan fingerprint density at radius 2 is 1.95 bits per heavy atom. The highest BCUT2D eigenvalue weighted by Gasteiger charge is 2.45. The van der Waals surface area contributed by atoms with Crippen LogP contribution in [0.2, 0.25) is 0 Å². The first kappa shape index (κ1) is 12.5. The fraction of sp³-hybridized carbons (Fsp3) is 0.333. The lowest BCUT2D eigenvalue weighted by molar-refractivity contribution is 0.168. The highest BCUT2D eigenvalue weighted by atomic mass is 32.1. The summed E-state index contributed by atoms with van der Waals surface area (Å²) in [7, 11) is 2.28. The molecule has 0 N–H and O–H groups in total. The van der Waals surface area contributed by atoms with Crippen molar-refractivity contribution in [1.82, 2.24) is 4.90 Å². The number of likely N-dealkylation sites (N-methyl/N-ethyl adjacent to an activating group) is 1. The molecule has 1 saturated heterocycles. The molecule has 2 unspecified atom stereocenters. The fourth-order valence-electron chi connectivity index (χ4n) is 3.93. The summed E-state index contributed by atoms with van der Waals surface area (Å²) in [5, 5.41) is 2.58. The van der Waals surface area contributed by atoms with E-state index in [1.54, 1.807) is 0 Å². The minimum Gasteiger partial charge on any atom is -0.290 e. The van der Waals surface area contributed by atoms with Gasteiger partial charge in [-0.25, -0.2) is 0 Å². The highest BCUT2D eigenvalue weighted by Crippen LogP contribution is 2.46. The number of thiol groups is 1. The Bertz CT molecular complexity index is 706. The Balaban J connectivity index is 1.88. The predicted octanol–water partition coefficient (Wildman–Crippen LogP) is 4.38. The van der Waals surface area contributed by atoms with Crippen molar-refractivity contribution in [2.24, 2.45) is 0 Å². The van der Waals surface area contributed by atoms with E-state index in [0.717, 1.165) is 10.9 Å². The Hall–Kier alpha value is -1.25. The molecule has 0 aliphatic carbocycles. The van der Waals surface area contributed by atoms with E-state index < -0.39 is 0 Å². The zero-order valence-electron chi connectivity index (χ0n) is 11.7. The molecule has 2 bridgehead atoms. The molecule has 2 atom stereocenters. The van der Waals surface area contributed by atoms with Gasteiger partial charge in [0.1, 0.15) is 0 Å². The van der Waals surface area contributed by atoms with Crippen molar-refractivity contribution in [2.45, 2.75) is 35.7 Å².